The van der Waals surface area contributed by atoms with Gasteiger partial charge in [0.2, 0.25) is 10.0 Å². The van der Waals surface area contributed by atoms with Crippen molar-refractivity contribution < 1.29 is 31.1 Å². The number of nitrogens with one attached hydrogen (secondary N) is 1. The number of anilines is 1. The van der Waals surface area contributed by atoms with Crippen LogP contribution in [0.1, 0.15) is 16.2 Å². The van der Waals surface area contributed by atoms with Crippen molar-refractivity contribution in [3.63, 3.8) is 0 Å². The van der Waals surface area contributed by atoms with Crippen molar-refractivity contribution in [1.29, 1.82) is 0 Å². The fourth-order valence-corrected chi connectivity index (χ4v) is 4.12. The number of nitrogens with zero attached hydrogens (tertiary/aromatic N) is 3. The van der Waals surface area contributed by atoms with Gasteiger partial charge < -0.3 is 10.1 Å². The van der Waals surface area contributed by atoms with Gasteiger partial charge in [0.05, 0.1) is 17.7 Å². The number of sulfonamides is 1. The van der Waals surface area contributed by atoms with Gasteiger partial charge in [0.25, 0.3) is 5.91 Å². The van der Waals surface area contributed by atoms with E-state index in [1.165, 1.54) is 61.8 Å². The lowest BCUT2D eigenvalue weighted by atomic mass is 10.1. The van der Waals surface area contributed by atoms with Crippen LogP contribution in [-0.2, 0) is 16.2 Å². The number of primary sulfonamides is 1. The Balaban J connectivity index is 1.64. The average molecular weight is 517 g/mol. The second-order valence-electron chi connectivity index (χ2n) is 7.45. The van der Waals surface area contributed by atoms with Crippen LogP contribution in [-0.4, -0.2) is 36.2 Å². The molecule has 0 saturated carbocycles. The molecule has 0 fully saturated rings. The number of pyridine rings is 1. The largest absolute Gasteiger partial charge is 0.497 e. The van der Waals surface area contributed by atoms with Crippen molar-refractivity contribution >= 4 is 21.7 Å². The number of aromatic nitrogens is 3. The van der Waals surface area contributed by atoms with Gasteiger partial charge in [0.1, 0.15) is 17.3 Å². The summed E-state index contributed by atoms with van der Waals surface area (Å²) in [5.41, 5.74) is -0.707. The molecule has 3 N–H and O–H groups in total. The molecule has 9 nitrogen and oxygen atoms in total. The molecule has 0 bridgehead atoms. The third kappa shape index (κ3) is 5.21. The zero-order valence-electron chi connectivity index (χ0n) is 18.5. The molecule has 186 valence electrons. The van der Waals surface area contributed by atoms with Crippen molar-refractivity contribution in [2.24, 2.45) is 5.14 Å². The molecule has 0 unspecified atom stereocenters. The number of benzene rings is 2. The highest BCUT2D eigenvalue weighted by molar-refractivity contribution is 7.89. The van der Waals surface area contributed by atoms with Crippen LogP contribution in [0.15, 0.2) is 77.8 Å². The van der Waals surface area contributed by atoms with E-state index >= 15 is 0 Å². The smallest absolute Gasteiger partial charge is 0.435 e. The molecule has 1 amide bonds. The van der Waals surface area contributed by atoms with Gasteiger partial charge in [-0.05, 0) is 42.5 Å². The monoisotopic (exact) mass is 517 g/mol. The Labute approximate surface area is 203 Å². The van der Waals surface area contributed by atoms with Crippen LogP contribution < -0.4 is 15.2 Å². The van der Waals surface area contributed by atoms with Crippen LogP contribution in [0, 0.1) is 0 Å². The van der Waals surface area contributed by atoms with Crippen LogP contribution in [0.5, 0.6) is 5.75 Å². The number of carbonyl (C=O) groups is 1. The van der Waals surface area contributed by atoms with Crippen molar-refractivity contribution in [3.05, 3.63) is 84.3 Å². The van der Waals surface area contributed by atoms with Gasteiger partial charge in [-0.25, -0.2) is 23.2 Å². The third-order valence-corrected chi connectivity index (χ3v) is 6.03. The molecule has 2 heterocycles. The van der Waals surface area contributed by atoms with E-state index in [4.69, 9.17) is 9.88 Å². The van der Waals surface area contributed by atoms with Crippen molar-refractivity contribution in [1.82, 2.24) is 14.8 Å². The average Bonchev–Trinajstić information content (AvgIpc) is 3.31. The molecule has 0 aliphatic rings. The molecule has 2 aromatic heterocycles. The molecule has 13 heteroatoms. The third-order valence-electron chi connectivity index (χ3n) is 5.06. The maximum Gasteiger partial charge on any atom is 0.435 e. The number of amides is 1. The van der Waals surface area contributed by atoms with Gasteiger partial charge in [-0.3, -0.25) is 4.79 Å². The molecular formula is C23H18F3N5O4S. The van der Waals surface area contributed by atoms with Crippen LogP contribution in [0.25, 0.3) is 16.8 Å². The number of rotatable bonds is 6. The molecule has 0 atom stereocenters. The van der Waals surface area contributed by atoms with E-state index in [1.807, 2.05) is 0 Å². The number of alkyl halides is 3. The molecule has 0 aliphatic heterocycles. The number of carbonyl (C=O) groups excluding carboxylic acids is 1. The van der Waals surface area contributed by atoms with Gasteiger partial charge in [-0.15, -0.1) is 0 Å². The van der Waals surface area contributed by atoms with E-state index < -0.39 is 27.8 Å². The minimum absolute atomic E-state index is 0.0212. The van der Waals surface area contributed by atoms with Gasteiger partial charge in [0, 0.05) is 23.4 Å². The Hall–Kier alpha value is -4.23. The second kappa shape index (κ2) is 9.43. The number of nitrogens with two attached hydrogens (primary N) is 1. The molecular weight excluding hydrogens is 499 g/mol. The lowest BCUT2D eigenvalue weighted by Crippen LogP contribution is -2.17. The predicted octanol–water partition coefficient (Wildman–Crippen LogP) is 3.86. The van der Waals surface area contributed by atoms with Crippen LogP contribution in [0.4, 0.5) is 19.0 Å². The van der Waals surface area contributed by atoms with E-state index in [0.717, 1.165) is 4.68 Å². The first-order valence-corrected chi connectivity index (χ1v) is 11.7. The van der Waals surface area contributed by atoms with E-state index in [0.29, 0.717) is 22.9 Å². The van der Waals surface area contributed by atoms with Gasteiger partial charge in [-0.1, -0.05) is 18.2 Å². The Morgan fingerprint density at radius 3 is 2.33 bits per heavy atom. The summed E-state index contributed by atoms with van der Waals surface area (Å²) >= 11 is 0. The summed E-state index contributed by atoms with van der Waals surface area (Å²) < 4.78 is 69.6. The summed E-state index contributed by atoms with van der Waals surface area (Å²) in [6.07, 6.45) is -3.47. The number of methoxy groups -OCH3 is 1. The molecule has 0 radical (unpaired) electrons. The quantitative estimate of drug-likeness (QED) is 0.400. The summed E-state index contributed by atoms with van der Waals surface area (Å²) in [7, 11) is -2.56. The second-order valence-corrected chi connectivity index (χ2v) is 8.98. The van der Waals surface area contributed by atoms with Gasteiger partial charge in [0.15, 0.2) is 5.69 Å². The lowest BCUT2D eigenvalue weighted by Gasteiger charge is -2.10. The summed E-state index contributed by atoms with van der Waals surface area (Å²) in [6.45, 7) is 0. The molecule has 4 aromatic rings. The zero-order valence-corrected chi connectivity index (χ0v) is 19.3. The molecule has 0 aliphatic carbocycles. The number of halogens is 3. The molecule has 0 spiro atoms. The highest BCUT2D eigenvalue weighted by atomic mass is 32.2. The van der Waals surface area contributed by atoms with Crippen molar-refractivity contribution in [2.75, 3.05) is 12.4 Å². The molecule has 2 aromatic carbocycles. The first kappa shape index (κ1) is 24.9. The topological polar surface area (TPSA) is 129 Å². The number of ether oxygens (including phenoxy) is 1. The normalized spacial score (nSPS) is 11.8. The maximum atomic E-state index is 13.3. The fraction of sp³-hybridized carbons (Fsp3) is 0.0870. The van der Waals surface area contributed by atoms with Crippen molar-refractivity contribution in [3.8, 4) is 22.6 Å². The van der Waals surface area contributed by atoms with E-state index in [-0.39, 0.29) is 22.1 Å². The number of hydrogen-bond donors (Lipinski definition) is 2. The Kier molecular flexibility index (Phi) is 6.52. The van der Waals surface area contributed by atoms with Gasteiger partial charge >= 0.3 is 6.18 Å². The Morgan fingerprint density at radius 1 is 1.06 bits per heavy atom. The Morgan fingerprint density at radius 2 is 1.75 bits per heavy atom. The van der Waals surface area contributed by atoms with E-state index in [9.17, 15) is 26.4 Å². The fourth-order valence-electron chi connectivity index (χ4n) is 3.36. The van der Waals surface area contributed by atoms with E-state index in [1.54, 1.807) is 12.1 Å². The first-order valence-electron chi connectivity index (χ1n) is 10.2. The SMILES string of the molecule is COc1ccc(-n2nc(C(F)(F)F)cc2C(=O)Nc2ccc(-c3ccccc3S(N)(=O)=O)cn2)cc1. The first-order chi connectivity index (χ1) is 17.0. The van der Waals surface area contributed by atoms with Crippen LogP contribution in [0.2, 0.25) is 0 Å². The van der Waals surface area contributed by atoms with Gasteiger partial charge in [-0.2, -0.15) is 18.3 Å². The number of hydrogen-bond acceptors (Lipinski definition) is 6. The van der Waals surface area contributed by atoms with Crippen LogP contribution >= 0.6 is 0 Å². The molecule has 4 rings (SSSR count). The summed E-state index contributed by atoms with van der Waals surface area (Å²) in [5, 5.41) is 11.3. The Bertz CT molecular complexity index is 1520. The van der Waals surface area contributed by atoms with E-state index in [2.05, 4.69) is 15.4 Å². The van der Waals surface area contributed by atoms with Crippen molar-refractivity contribution in [2.45, 2.75) is 11.1 Å². The minimum atomic E-state index is -4.77. The van der Waals surface area contributed by atoms with Crippen LogP contribution in [0.3, 0.4) is 0 Å². The summed E-state index contributed by atoms with van der Waals surface area (Å²) in [4.78, 5) is 16.9. The minimum Gasteiger partial charge on any atom is -0.497 e. The molecule has 36 heavy (non-hydrogen) atoms. The standard InChI is InChI=1S/C23H18F3N5O4S/c1-35-16-9-7-15(8-10-16)31-18(12-20(30-31)23(24,25)26)22(32)29-21-11-6-14(13-28-21)17-4-2-3-5-19(17)36(27,33)34/h2-13H,1H3,(H2,27,33,34)(H,28,29,32). The molecule has 0 saturated heterocycles. The predicted molar refractivity (Wildman–Crippen MR) is 124 cm³/mol. The maximum absolute atomic E-state index is 13.3. The summed E-state index contributed by atoms with van der Waals surface area (Å²) in [6, 6.07) is 15.5. The highest BCUT2D eigenvalue weighted by Crippen LogP contribution is 2.30. The lowest BCUT2D eigenvalue weighted by molar-refractivity contribution is -0.141. The summed E-state index contributed by atoms with van der Waals surface area (Å²) in [5.74, 6) is -0.395. The highest BCUT2D eigenvalue weighted by Gasteiger charge is 2.36. The zero-order chi connectivity index (χ0) is 26.1.